The van der Waals surface area contributed by atoms with Crippen LogP contribution >= 0.6 is 0 Å². The van der Waals surface area contributed by atoms with E-state index in [1.165, 1.54) is 50.6 Å². The third kappa shape index (κ3) is 14.5. The number of fused-ring (bicyclic) bond motifs is 6. The quantitative estimate of drug-likeness (QED) is 0.0235. The molecule has 406 valence electrons. The number of carboxylic acid groups (broad SMARTS) is 1. The van der Waals surface area contributed by atoms with Gasteiger partial charge in [-0.25, -0.2) is 0 Å². The molecule has 0 radical (unpaired) electrons. The summed E-state index contributed by atoms with van der Waals surface area (Å²) in [6.45, 7) is 24.2. The van der Waals surface area contributed by atoms with Gasteiger partial charge in [-0.1, -0.05) is 62.3 Å². The number of aryl methyl sites for hydroxylation is 2. The summed E-state index contributed by atoms with van der Waals surface area (Å²) in [4.78, 5) is 24.8. The number of carboxylic acids is 1. The summed E-state index contributed by atoms with van der Waals surface area (Å²) in [6, 6.07) is 19.8. The molecule has 0 fully saturated rings. The number of unbranched alkanes of at least 4 members (excludes halogenated alkanes) is 5. The number of nitrogens with zero attached hydrogens (tertiary/aromatic N) is 3. The van der Waals surface area contributed by atoms with Gasteiger partial charge in [0.25, 0.3) is 10.1 Å². The lowest BCUT2D eigenvalue weighted by Gasteiger charge is -2.34. The highest BCUT2D eigenvalue weighted by Crippen LogP contribution is 2.50. The van der Waals surface area contributed by atoms with Gasteiger partial charge in [-0.05, 0) is 117 Å². The number of hydrogen-bond acceptors (Lipinski definition) is 9. The highest BCUT2D eigenvalue weighted by Gasteiger charge is 2.54. The largest absolute Gasteiger partial charge is 0.485 e. The monoisotopic (exact) mass is 1040 g/mol. The standard InChI is InChI=1S/C34H44N2O6S.C26H42NO4/c1-4-5-17-35(18-9-20-43(39,40)41)26-13-12-25-22-27-30(42-31(25)23-26)15-19-36-29-14-11-24(2)21-28(29)34(3,33(27)36)16-8-6-7-10-32(37)38;1-7-29-24(28)13-11-10-12-17-26(6)21(5)27(18-16-25(30-8-2)31-9-3)23-15-14-20(4)19-22(23)26/h11-14,21-23,30H,4-10,15-20H2,1-3H3,(H-,37,38,39,40,41);14-15,19,25H,7-13,16-18H2,1-6H3/q;+1/p+1. The van der Waals surface area contributed by atoms with Gasteiger partial charge in [0.1, 0.15) is 11.9 Å². The Kier molecular flexibility index (Phi) is 21.1. The van der Waals surface area contributed by atoms with Gasteiger partial charge in [0, 0.05) is 93.1 Å². The predicted molar refractivity (Wildman–Crippen MR) is 296 cm³/mol. The average molecular weight is 1040 g/mol. The van der Waals surface area contributed by atoms with E-state index >= 15 is 0 Å². The minimum Gasteiger partial charge on any atom is -0.485 e. The van der Waals surface area contributed by atoms with Crippen molar-refractivity contribution in [2.45, 2.75) is 182 Å². The van der Waals surface area contributed by atoms with Crippen LogP contribution in [0, 0.1) is 13.8 Å². The molecule has 3 atom stereocenters. The van der Waals surface area contributed by atoms with Crippen molar-refractivity contribution in [3.05, 3.63) is 88.0 Å². The number of rotatable bonds is 28. The van der Waals surface area contributed by atoms with Crippen LogP contribution in [-0.2, 0) is 44.7 Å². The summed E-state index contributed by atoms with van der Waals surface area (Å²) in [5, 5.41) is 9.09. The second-order valence-corrected chi connectivity index (χ2v) is 22.7. The molecule has 0 saturated heterocycles. The van der Waals surface area contributed by atoms with Gasteiger partial charge in [-0.3, -0.25) is 14.1 Å². The van der Waals surface area contributed by atoms with E-state index in [9.17, 15) is 22.6 Å². The van der Waals surface area contributed by atoms with Crippen molar-refractivity contribution in [1.29, 1.82) is 0 Å². The predicted octanol–water partition coefficient (Wildman–Crippen LogP) is 12.2. The summed E-state index contributed by atoms with van der Waals surface area (Å²) in [7, 11) is -3.99. The summed E-state index contributed by atoms with van der Waals surface area (Å²) >= 11 is 0. The van der Waals surface area contributed by atoms with Crippen molar-refractivity contribution >= 4 is 56.6 Å². The van der Waals surface area contributed by atoms with Crippen LogP contribution in [0.25, 0.3) is 6.08 Å². The normalized spacial score (nSPS) is 19.4. The Bertz CT molecular complexity index is 2640. The van der Waals surface area contributed by atoms with Crippen LogP contribution in [-0.4, -0.2) is 115 Å². The van der Waals surface area contributed by atoms with E-state index in [-0.39, 0.29) is 41.4 Å². The summed E-state index contributed by atoms with van der Waals surface area (Å²) in [6.07, 6.45) is 14.5. The van der Waals surface area contributed by atoms with Crippen molar-refractivity contribution in [3.63, 3.8) is 0 Å². The average Bonchev–Trinajstić information content (AvgIpc) is 3.72. The molecular formula is C60H87N3O10S+2. The molecule has 3 aromatic carbocycles. The molecule has 3 aromatic rings. The Morgan fingerprint density at radius 1 is 0.784 bits per heavy atom. The molecule has 0 aromatic heterocycles. The number of carbonyl (C=O) groups is 2. The van der Waals surface area contributed by atoms with Gasteiger partial charge in [-0.15, -0.1) is 0 Å². The third-order valence-electron chi connectivity index (χ3n) is 15.6. The van der Waals surface area contributed by atoms with Crippen LogP contribution in [0.4, 0.5) is 17.1 Å². The van der Waals surface area contributed by atoms with E-state index in [0.29, 0.717) is 45.6 Å². The third-order valence-corrected chi connectivity index (χ3v) is 16.4. The Labute approximate surface area is 442 Å². The summed E-state index contributed by atoms with van der Waals surface area (Å²) in [5.41, 5.74) is 13.7. The van der Waals surface area contributed by atoms with Crippen LogP contribution in [0.3, 0.4) is 0 Å². The molecule has 4 heterocycles. The first-order chi connectivity index (χ1) is 35.4. The second-order valence-electron chi connectivity index (χ2n) is 21.1. The van der Waals surface area contributed by atoms with Gasteiger partial charge in [-0.2, -0.15) is 17.6 Å². The molecule has 4 aliphatic rings. The lowest BCUT2D eigenvalue weighted by Crippen LogP contribution is -2.44. The lowest BCUT2D eigenvalue weighted by molar-refractivity contribution is -0.444. The van der Waals surface area contributed by atoms with Crippen molar-refractivity contribution in [3.8, 4) is 5.75 Å². The van der Waals surface area contributed by atoms with Crippen molar-refractivity contribution in [1.82, 2.24) is 0 Å². The van der Waals surface area contributed by atoms with Crippen molar-refractivity contribution < 1.29 is 55.8 Å². The summed E-state index contributed by atoms with van der Waals surface area (Å²) in [5.74, 6) is -0.219. The highest BCUT2D eigenvalue weighted by atomic mass is 32.2. The van der Waals surface area contributed by atoms with Crippen LogP contribution in [0.2, 0.25) is 0 Å². The molecule has 74 heavy (non-hydrogen) atoms. The Balaban J connectivity index is 0.000000255. The number of anilines is 1. The molecule has 2 N–H and O–H groups in total. The lowest BCUT2D eigenvalue weighted by atomic mass is 9.71. The first-order valence-electron chi connectivity index (χ1n) is 27.7. The second kappa shape index (κ2) is 26.7. The van der Waals surface area contributed by atoms with E-state index in [1.54, 1.807) is 0 Å². The maximum absolute atomic E-state index is 11.6. The maximum Gasteiger partial charge on any atom is 0.305 e. The molecule has 0 aliphatic carbocycles. The van der Waals surface area contributed by atoms with E-state index in [1.807, 2.05) is 20.8 Å². The highest BCUT2D eigenvalue weighted by molar-refractivity contribution is 7.85. The Morgan fingerprint density at radius 2 is 1.42 bits per heavy atom. The number of esters is 1. The van der Waals surface area contributed by atoms with Crippen LogP contribution < -0.4 is 9.64 Å². The van der Waals surface area contributed by atoms with Gasteiger partial charge in [0.05, 0.1) is 35.2 Å². The molecule has 13 nitrogen and oxygen atoms in total. The number of carbonyl (C=O) groups excluding carboxylic acids is 1. The fourth-order valence-corrected chi connectivity index (χ4v) is 12.1. The van der Waals surface area contributed by atoms with Crippen LogP contribution in [0.15, 0.2) is 60.2 Å². The van der Waals surface area contributed by atoms with Gasteiger partial charge in [0.2, 0.25) is 11.4 Å². The smallest absolute Gasteiger partial charge is 0.305 e. The number of hydrogen-bond donors (Lipinski definition) is 2. The van der Waals surface area contributed by atoms with E-state index < -0.39 is 16.1 Å². The molecule has 14 heteroatoms. The van der Waals surface area contributed by atoms with E-state index in [4.69, 9.17) is 24.1 Å². The zero-order chi connectivity index (χ0) is 53.6. The fourth-order valence-electron chi connectivity index (χ4n) is 11.6. The zero-order valence-corrected chi connectivity index (χ0v) is 46.9. The summed E-state index contributed by atoms with van der Waals surface area (Å²) < 4.78 is 60.1. The first kappa shape index (κ1) is 58.4. The molecule has 0 spiro atoms. The van der Waals surface area contributed by atoms with Crippen molar-refractivity contribution in [2.24, 2.45) is 0 Å². The fraction of sp³-hybridized carbons (Fsp3) is 0.600. The van der Waals surface area contributed by atoms with Gasteiger partial charge >= 0.3 is 11.9 Å². The molecule has 3 unspecified atom stereocenters. The molecule has 7 rings (SSSR count). The topological polar surface area (TPSA) is 155 Å². The van der Waals surface area contributed by atoms with Crippen LogP contribution in [0.1, 0.15) is 173 Å². The van der Waals surface area contributed by atoms with Crippen molar-refractivity contribution in [2.75, 3.05) is 56.7 Å². The zero-order valence-electron chi connectivity index (χ0n) is 46.1. The number of aliphatic carboxylic acids is 1. The minimum absolute atomic E-state index is 0.0119. The molecule has 0 saturated carbocycles. The van der Waals surface area contributed by atoms with E-state index in [2.05, 4.69) is 116 Å². The van der Waals surface area contributed by atoms with Crippen LogP contribution in [0.5, 0.6) is 5.75 Å². The number of benzene rings is 3. The SMILES string of the molecule is CCCCN(CCCS(=O)(=O)O)c1ccc2c(c1)OC1CC[N+]3=C(C1=C2)C(C)(CCCCCC(=O)O)c1cc(C)ccc13.CCOC(=O)CCCCCC1(C)C(C)=[N+](CCC(OCC)OCC)c2ccc(C)cc21. The first-order valence-corrected chi connectivity index (χ1v) is 29.3. The number of ether oxygens (including phenoxy) is 4. The minimum atomic E-state index is -3.99. The molecule has 0 bridgehead atoms. The molecule has 0 amide bonds. The Hall–Kier alpha value is -4.89. The molecule has 4 aliphatic heterocycles. The van der Waals surface area contributed by atoms with E-state index in [0.717, 1.165) is 107 Å². The maximum atomic E-state index is 11.6. The molecular weight excluding hydrogens is 955 g/mol. The van der Waals surface area contributed by atoms with Gasteiger partial charge < -0.3 is 29.0 Å². The van der Waals surface area contributed by atoms with Gasteiger partial charge in [0.15, 0.2) is 30.8 Å². The Morgan fingerprint density at radius 3 is 2.05 bits per heavy atom.